The number of amides is 2. The fourth-order valence-electron chi connectivity index (χ4n) is 5.28. The zero-order chi connectivity index (χ0) is 31.0. The molecule has 43 heavy (non-hydrogen) atoms. The summed E-state index contributed by atoms with van der Waals surface area (Å²) in [6.45, 7) is -1.05. The first-order chi connectivity index (χ1) is 20.5. The Balaban J connectivity index is 1.74. The van der Waals surface area contributed by atoms with E-state index in [1.807, 2.05) is 30.3 Å². The van der Waals surface area contributed by atoms with Crippen LogP contribution in [0.3, 0.4) is 0 Å². The molecule has 0 aliphatic heterocycles. The second kappa shape index (κ2) is 14.2. The van der Waals surface area contributed by atoms with Crippen molar-refractivity contribution >= 4 is 33.2 Å². The van der Waals surface area contributed by atoms with Crippen molar-refractivity contribution in [3.63, 3.8) is 0 Å². The van der Waals surface area contributed by atoms with E-state index in [4.69, 9.17) is 0 Å². The monoisotopic (exact) mass is 610 g/mol. The largest absolute Gasteiger partial charge is 0.352 e. The van der Waals surface area contributed by atoms with Crippen molar-refractivity contribution in [1.82, 2.24) is 10.2 Å². The molecular formula is C31H35FN4O6S. The molecule has 1 aliphatic rings. The Bertz CT molecular complexity index is 1550. The summed E-state index contributed by atoms with van der Waals surface area (Å²) in [7, 11) is -4.11. The summed E-state index contributed by atoms with van der Waals surface area (Å²) in [5.41, 5.74) is 0.481. The van der Waals surface area contributed by atoms with Crippen molar-refractivity contribution in [2.45, 2.75) is 57.2 Å². The molecule has 1 fully saturated rings. The van der Waals surface area contributed by atoms with Crippen molar-refractivity contribution in [3.05, 3.63) is 106 Å². The molecule has 3 aromatic rings. The lowest BCUT2D eigenvalue weighted by atomic mass is 9.94. The van der Waals surface area contributed by atoms with E-state index in [0.717, 1.165) is 54.3 Å². The lowest BCUT2D eigenvalue weighted by Crippen LogP contribution is -2.55. The molecule has 0 saturated heterocycles. The van der Waals surface area contributed by atoms with E-state index in [-0.39, 0.29) is 35.9 Å². The number of hydrogen-bond acceptors (Lipinski definition) is 6. The van der Waals surface area contributed by atoms with Gasteiger partial charge in [-0.3, -0.25) is 24.0 Å². The van der Waals surface area contributed by atoms with Crippen LogP contribution in [0.15, 0.2) is 78.9 Å². The zero-order valence-corrected chi connectivity index (χ0v) is 24.7. The molecule has 1 N–H and O–H groups in total. The number of hydrogen-bond donors (Lipinski definition) is 1. The Hall–Kier alpha value is -4.32. The van der Waals surface area contributed by atoms with Crippen LogP contribution in [0.25, 0.3) is 0 Å². The highest BCUT2D eigenvalue weighted by molar-refractivity contribution is 7.92. The molecule has 0 spiro atoms. The van der Waals surface area contributed by atoms with Crippen LogP contribution in [-0.2, 0) is 32.6 Å². The number of non-ortho nitro benzene ring substituents is 1. The standard InChI is InChI=1S/C31H35FN4O6S/c1-43(41,42)35(26-16-10-17-27(20-26)36(39)40)22-30(37)34(21-24-13-8-9-18-28(24)32)29(19-23-11-4-2-5-12-23)31(38)33-25-14-6-3-7-15-25/h2,4-5,8-13,16-18,20,25,29H,3,6-7,14-15,19,21-22H2,1H3,(H,33,38)/t29-/m1/s1. The highest BCUT2D eigenvalue weighted by Crippen LogP contribution is 2.25. The Morgan fingerprint density at radius 2 is 1.67 bits per heavy atom. The van der Waals surface area contributed by atoms with E-state index >= 15 is 0 Å². The molecule has 0 aromatic heterocycles. The number of carbonyl (C=O) groups is 2. The molecule has 4 rings (SSSR count). The maximum atomic E-state index is 14.9. The van der Waals surface area contributed by atoms with E-state index in [1.165, 1.54) is 41.3 Å². The van der Waals surface area contributed by atoms with Gasteiger partial charge in [-0.05, 0) is 30.5 Å². The van der Waals surface area contributed by atoms with Crippen LogP contribution < -0.4 is 9.62 Å². The second-order valence-corrected chi connectivity index (χ2v) is 12.6. The Kier molecular flexibility index (Phi) is 10.5. The molecule has 1 aliphatic carbocycles. The summed E-state index contributed by atoms with van der Waals surface area (Å²) in [4.78, 5) is 39.9. The fraction of sp³-hybridized carbons (Fsp3) is 0.355. The van der Waals surface area contributed by atoms with Crippen LogP contribution in [-0.4, -0.2) is 54.9 Å². The first kappa shape index (κ1) is 31.6. The normalized spacial score (nSPS) is 14.5. The van der Waals surface area contributed by atoms with Gasteiger partial charge < -0.3 is 10.2 Å². The van der Waals surface area contributed by atoms with Crippen molar-refractivity contribution in [1.29, 1.82) is 0 Å². The highest BCUT2D eigenvalue weighted by Gasteiger charge is 2.34. The molecule has 1 saturated carbocycles. The number of carbonyl (C=O) groups excluding carboxylic acids is 2. The van der Waals surface area contributed by atoms with Gasteiger partial charge in [0.05, 0.1) is 16.9 Å². The number of nitrogens with zero attached hydrogens (tertiary/aromatic N) is 3. The zero-order valence-electron chi connectivity index (χ0n) is 23.9. The number of nitro benzene ring substituents is 1. The van der Waals surface area contributed by atoms with Gasteiger partial charge in [0, 0.05) is 36.7 Å². The number of halogens is 1. The lowest BCUT2D eigenvalue weighted by molar-refractivity contribution is -0.384. The molecule has 0 radical (unpaired) electrons. The average molecular weight is 611 g/mol. The maximum absolute atomic E-state index is 14.9. The summed E-state index contributed by atoms with van der Waals surface area (Å²) in [5, 5.41) is 14.5. The minimum Gasteiger partial charge on any atom is -0.352 e. The van der Waals surface area contributed by atoms with Crippen molar-refractivity contribution < 1.29 is 27.3 Å². The molecule has 12 heteroatoms. The number of sulfonamides is 1. The average Bonchev–Trinajstić information content (AvgIpc) is 2.99. The van der Waals surface area contributed by atoms with Gasteiger partial charge in [0.1, 0.15) is 18.4 Å². The number of benzene rings is 3. The molecule has 0 unspecified atom stereocenters. The number of anilines is 1. The lowest BCUT2D eigenvalue weighted by Gasteiger charge is -2.35. The molecule has 0 heterocycles. The minimum absolute atomic E-state index is 0.0673. The van der Waals surface area contributed by atoms with Gasteiger partial charge in [-0.1, -0.05) is 73.9 Å². The van der Waals surface area contributed by atoms with Gasteiger partial charge in [0.15, 0.2) is 0 Å². The van der Waals surface area contributed by atoms with E-state index in [1.54, 1.807) is 6.07 Å². The molecular weight excluding hydrogens is 575 g/mol. The van der Waals surface area contributed by atoms with Crippen LogP contribution in [0, 0.1) is 15.9 Å². The molecule has 0 bridgehead atoms. The van der Waals surface area contributed by atoms with Crippen LogP contribution in [0.4, 0.5) is 15.8 Å². The predicted octanol–water partition coefficient (Wildman–Crippen LogP) is 4.59. The molecule has 2 amide bonds. The minimum atomic E-state index is -4.11. The topological polar surface area (TPSA) is 130 Å². The van der Waals surface area contributed by atoms with Gasteiger partial charge in [0.2, 0.25) is 21.8 Å². The summed E-state index contributed by atoms with van der Waals surface area (Å²) in [6.07, 6.45) is 5.63. The first-order valence-electron chi connectivity index (χ1n) is 14.1. The van der Waals surface area contributed by atoms with Crippen molar-refractivity contribution in [3.8, 4) is 0 Å². The number of rotatable bonds is 12. The Morgan fingerprint density at radius 1 is 1.00 bits per heavy atom. The smallest absolute Gasteiger partial charge is 0.271 e. The fourth-order valence-corrected chi connectivity index (χ4v) is 6.13. The van der Waals surface area contributed by atoms with Crippen LogP contribution >= 0.6 is 0 Å². The number of nitrogens with one attached hydrogen (secondary N) is 1. The third-order valence-corrected chi connectivity index (χ3v) is 8.67. The van der Waals surface area contributed by atoms with Crippen LogP contribution in [0.1, 0.15) is 43.2 Å². The third kappa shape index (κ3) is 8.60. The van der Waals surface area contributed by atoms with Crippen LogP contribution in [0.2, 0.25) is 0 Å². The number of nitro groups is 1. The predicted molar refractivity (Wildman–Crippen MR) is 161 cm³/mol. The summed E-state index contributed by atoms with van der Waals surface area (Å²) < 4.78 is 41.4. The van der Waals surface area contributed by atoms with Gasteiger partial charge in [-0.2, -0.15) is 0 Å². The quantitative estimate of drug-likeness (QED) is 0.236. The van der Waals surface area contributed by atoms with Gasteiger partial charge >= 0.3 is 0 Å². The third-order valence-electron chi connectivity index (χ3n) is 7.53. The molecule has 10 nitrogen and oxygen atoms in total. The molecule has 228 valence electrons. The first-order valence-corrected chi connectivity index (χ1v) is 16.0. The second-order valence-electron chi connectivity index (χ2n) is 10.7. The van der Waals surface area contributed by atoms with Crippen LogP contribution in [0.5, 0.6) is 0 Å². The molecule has 1 atom stereocenters. The van der Waals surface area contributed by atoms with Gasteiger partial charge in [0.25, 0.3) is 5.69 Å². The SMILES string of the molecule is CS(=O)(=O)N(CC(=O)N(Cc1ccccc1F)[C@H](Cc1ccccc1)C(=O)NC1CCCCC1)c1cccc([N+](=O)[O-])c1. The summed E-state index contributed by atoms with van der Waals surface area (Å²) in [5.74, 6) is -1.76. The summed E-state index contributed by atoms with van der Waals surface area (Å²) in [6, 6.07) is 18.7. The maximum Gasteiger partial charge on any atom is 0.271 e. The van der Waals surface area contributed by atoms with Crippen molar-refractivity contribution in [2.75, 3.05) is 17.1 Å². The van der Waals surface area contributed by atoms with E-state index in [9.17, 15) is 32.5 Å². The van der Waals surface area contributed by atoms with E-state index in [2.05, 4.69) is 5.32 Å². The Morgan fingerprint density at radius 3 is 2.33 bits per heavy atom. The van der Waals surface area contributed by atoms with Crippen molar-refractivity contribution in [2.24, 2.45) is 0 Å². The van der Waals surface area contributed by atoms with Gasteiger partial charge in [-0.25, -0.2) is 12.8 Å². The van der Waals surface area contributed by atoms with Gasteiger partial charge in [-0.15, -0.1) is 0 Å². The van der Waals surface area contributed by atoms with E-state index < -0.39 is 45.2 Å². The Labute approximate surface area is 250 Å². The highest BCUT2D eigenvalue weighted by atomic mass is 32.2. The summed E-state index contributed by atoms with van der Waals surface area (Å²) >= 11 is 0. The molecule has 3 aromatic carbocycles. The van der Waals surface area contributed by atoms with E-state index in [0.29, 0.717) is 0 Å².